The Kier molecular flexibility index (Phi) is 8.54. The van der Waals surface area contributed by atoms with Crippen molar-refractivity contribution in [2.45, 2.75) is 13.8 Å². The fourth-order valence-electron chi connectivity index (χ4n) is 7.38. The number of fused-ring (bicyclic) bond motifs is 2. The van der Waals surface area contributed by atoms with Crippen LogP contribution in [0.4, 0.5) is 34.1 Å². The van der Waals surface area contributed by atoms with Crippen LogP contribution < -0.4 is 9.80 Å². The lowest BCUT2D eigenvalue weighted by molar-refractivity contribution is 1.20. The first-order chi connectivity index (χ1) is 26.6. The number of hydrogen-bond acceptors (Lipinski definition) is 6. The van der Waals surface area contributed by atoms with Crippen LogP contribution in [0.25, 0.3) is 43.8 Å². The third-order valence-electron chi connectivity index (χ3n) is 9.90. The number of nitrogens with zero attached hydrogens (tertiary/aromatic N) is 6. The second-order valence-corrected chi connectivity index (χ2v) is 13.5. The highest BCUT2D eigenvalue weighted by Gasteiger charge is 2.22. The Labute approximate surface area is 314 Å². The van der Waals surface area contributed by atoms with Gasteiger partial charge in [0.05, 0.1) is 47.5 Å². The van der Waals surface area contributed by atoms with Crippen molar-refractivity contribution >= 4 is 55.7 Å². The number of pyridine rings is 4. The maximum Gasteiger partial charge on any atom is 0.0645 e. The summed E-state index contributed by atoms with van der Waals surface area (Å²) in [6.45, 7) is 4.27. The molecule has 0 unspecified atom stereocenters. The molecule has 258 valence electrons. The van der Waals surface area contributed by atoms with Gasteiger partial charge in [0.1, 0.15) is 0 Å². The third kappa shape index (κ3) is 6.10. The fourth-order valence-corrected chi connectivity index (χ4v) is 7.38. The molecule has 4 heterocycles. The first kappa shape index (κ1) is 32.7. The average Bonchev–Trinajstić information content (AvgIpc) is 3.23. The molecule has 0 saturated carbocycles. The lowest BCUT2D eigenvalue weighted by Crippen LogP contribution is -2.11. The van der Waals surface area contributed by atoms with Crippen LogP contribution in [0.5, 0.6) is 0 Å². The summed E-state index contributed by atoms with van der Waals surface area (Å²) >= 11 is 0. The molecular formula is C48H36N6. The van der Waals surface area contributed by atoms with E-state index in [1.807, 2.05) is 49.1 Å². The van der Waals surface area contributed by atoms with E-state index in [0.29, 0.717) is 0 Å². The summed E-state index contributed by atoms with van der Waals surface area (Å²) in [5, 5.41) is 4.63. The zero-order chi connectivity index (χ0) is 36.4. The molecule has 0 aliphatic carbocycles. The Hall–Kier alpha value is -7.18. The Morgan fingerprint density at radius 3 is 0.963 bits per heavy atom. The quantitative estimate of drug-likeness (QED) is 0.147. The number of benzene rings is 5. The van der Waals surface area contributed by atoms with E-state index < -0.39 is 0 Å². The number of aryl methyl sites for hydroxylation is 2. The van der Waals surface area contributed by atoms with Gasteiger partial charge in [-0.15, -0.1) is 0 Å². The van der Waals surface area contributed by atoms with Gasteiger partial charge in [-0.05, 0) is 130 Å². The van der Waals surface area contributed by atoms with E-state index in [9.17, 15) is 0 Å². The van der Waals surface area contributed by atoms with E-state index in [0.717, 1.165) is 66.8 Å². The maximum atomic E-state index is 4.49. The summed E-state index contributed by atoms with van der Waals surface area (Å²) in [4.78, 5) is 22.4. The first-order valence-electron chi connectivity index (χ1n) is 18.0. The molecule has 0 saturated heterocycles. The molecule has 4 aromatic heterocycles. The van der Waals surface area contributed by atoms with Gasteiger partial charge >= 0.3 is 0 Å². The van der Waals surface area contributed by atoms with Crippen molar-refractivity contribution in [2.75, 3.05) is 9.80 Å². The van der Waals surface area contributed by atoms with Crippen molar-refractivity contribution in [3.8, 4) is 22.3 Å². The van der Waals surface area contributed by atoms with Crippen LogP contribution in [0.2, 0.25) is 0 Å². The summed E-state index contributed by atoms with van der Waals surface area (Å²) in [6, 6.07) is 47.6. The summed E-state index contributed by atoms with van der Waals surface area (Å²) in [5.74, 6) is 0. The van der Waals surface area contributed by atoms with Gasteiger partial charge < -0.3 is 9.80 Å². The minimum Gasteiger partial charge on any atom is -0.307 e. The van der Waals surface area contributed by atoms with Crippen LogP contribution in [0.1, 0.15) is 11.1 Å². The largest absolute Gasteiger partial charge is 0.307 e. The van der Waals surface area contributed by atoms with Crippen molar-refractivity contribution in [1.82, 2.24) is 19.9 Å². The Morgan fingerprint density at radius 2 is 0.667 bits per heavy atom. The van der Waals surface area contributed by atoms with Crippen molar-refractivity contribution in [1.29, 1.82) is 0 Å². The molecule has 6 nitrogen and oxygen atoms in total. The van der Waals surface area contributed by atoms with Crippen LogP contribution in [0.15, 0.2) is 183 Å². The predicted octanol–water partition coefficient (Wildman–Crippen LogP) is 12.5. The molecule has 0 spiro atoms. The molecule has 9 rings (SSSR count). The molecule has 5 aromatic carbocycles. The Morgan fingerprint density at radius 1 is 0.333 bits per heavy atom. The van der Waals surface area contributed by atoms with Gasteiger partial charge in [0.2, 0.25) is 0 Å². The summed E-state index contributed by atoms with van der Waals surface area (Å²) < 4.78 is 0. The SMILES string of the molecule is Cc1ccc(-c2c3ccc(N(c4cccnc4)c4cccnc4)cc3c(-c3ccc(C)cc3)c3ccc(N(c4cccnc4)c4cccnc4)cc23)cc1. The topological polar surface area (TPSA) is 58.0 Å². The first-order valence-corrected chi connectivity index (χ1v) is 18.0. The molecule has 0 aliphatic heterocycles. The summed E-state index contributed by atoms with van der Waals surface area (Å²) in [6.07, 6.45) is 14.8. The van der Waals surface area contributed by atoms with E-state index in [2.05, 4.69) is 153 Å². The number of aromatic nitrogens is 4. The fraction of sp³-hybridized carbons (Fsp3) is 0.0417. The highest BCUT2D eigenvalue weighted by molar-refractivity contribution is 6.22. The Balaban J connectivity index is 1.38. The maximum absolute atomic E-state index is 4.49. The van der Waals surface area contributed by atoms with Gasteiger partial charge in [-0.2, -0.15) is 0 Å². The lowest BCUT2D eigenvalue weighted by Gasteiger charge is -2.27. The van der Waals surface area contributed by atoms with Crippen molar-refractivity contribution in [3.05, 3.63) is 194 Å². The van der Waals surface area contributed by atoms with Crippen molar-refractivity contribution in [2.24, 2.45) is 0 Å². The van der Waals surface area contributed by atoms with Gasteiger partial charge in [-0.25, -0.2) is 0 Å². The Bertz CT molecular complexity index is 2430. The number of anilines is 6. The van der Waals surface area contributed by atoms with E-state index in [1.54, 1.807) is 24.8 Å². The molecule has 0 bridgehead atoms. The summed E-state index contributed by atoms with van der Waals surface area (Å²) in [7, 11) is 0. The molecule has 0 atom stereocenters. The third-order valence-corrected chi connectivity index (χ3v) is 9.90. The van der Waals surface area contributed by atoms with Gasteiger partial charge in [-0.3, -0.25) is 19.9 Å². The predicted molar refractivity (Wildman–Crippen MR) is 222 cm³/mol. The van der Waals surface area contributed by atoms with Crippen molar-refractivity contribution < 1.29 is 0 Å². The van der Waals surface area contributed by atoms with E-state index in [4.69, 9.17) is 0 Å². The lowest BCUT2D eigenvalue weighted by atomic mass is 9.85. The van der Waals surface area contributed by atoms with Crippen LogP contribution in [-0.4, -0.2) is 19.9 Å². The van der Waals surface area contributed by atoms with Gasteiger partial charge in [-0.1, -0.05) is 71.8 Å². The molecule has 0 aliphatic rings. The average molecular weight is 697 g/mol. The van der Waals surface area contributed by atoms with Crippen molar-refractivity contribution in [3.63, 3.8) is 0 Å². The molecule has 6 heteroatoms. The smallest absolute Gasteiger partial charge is 0.0645 e. The van der Waals surface area contributed by atoms with Crippen LogP contribution in [0, 0.1) is 13.8 Å². The van der Waals surface area contributed by atoms with Gasteiger partial charge in [0.15, 0.2) is 0 Å². The zero-order valence-electron chi connectivity index (χ0n) is 30.0. The second-order valence-electron chi connectivity index (χ2n) is 13.5. The molecule has 0 amide bonds. The van der Waals surface area contributed by atoms with Crippen LogP contribution in [-0.2, 0) is 0 Å². The minimum atomic E-state index is 0.955. The van der Waals surface area contributed by atoms with Gasteiger partial charge in [0, 0.05) is 36.2 Å². The zero-order valence-corrected chi connectivity index (χ0v) is 30.0. The van der Waals surface area contributed by atoms with Gasteiger partial charge in [0.25, 0.3) is 0 Å². The molecular weight excluding hydrogens is 661 g/mol. The van der Waals surface area contributed by atoms with E-state index >= 15 is 0 Å². The molecule has 9 aromatic rings. The van der Waals surface area contributed by atoms with Crippen LogP contribution >= 0.6 is 0 Å². The molecule has 54 heavy (non-hydrogen) atoms. The highest BCUT2D eigenvalue weighted by Crippen LogP contribution is 2.48. The summed E-state index contributed by atoms with van der Waals surface area (Å²) in [5.41, 5.74) is 12.9. The minimum absolute atomic E-state index is 0.955. The standard InChI is InChI=1S/C48H36N6/c1-33-11-15-35(16-12-33)47-43-21-19-38(54(41-9-5-25-51-31-41)42-10-6-26-52-32-42)28-46(43)48(36-17-13-34(2)14-18-36)44-22-20-37(27-45(44)47)53(39-7-3-23-49-29-39)40-8-4-24-50-30-40/h3-32H,1-2H3. The number of hydrogen-bond donors (Lipinski definition) is 0. The highest BCUT2D eigenvalue weighted by atomic mass is 15.2. The monoisotopic (exact) mass is 696 g/mol. The molecule has 0 radical (unpaired) electrons. The number of rotatable bonds is 8. The van der Waals surface area contributed by atoms with E-state index in [1.165, 1.54) is 22.3 Å². The second kappa shape index (κ2) is 14.1. The normalized spacial score (nSPS) is 11.1. The van der Waals surface area contributed by atoms with Crippen LogP contribution in [0.3, 0.4) is 0 Å². The van der Waals surface area contributed by atoms with E-state index in [-0.39, 0.29) is 0 Å². The molecule has 0 N–H and O–H groups in total. The molecule has 0 fully saturated rings.